The third-order valence-electron chi connectivity index (χ3n) is 2.96. The molecule has 0 radical (unpaired) electrons. The Bertz CT molecular complexity index is 182. The van der Waals surface area contributed by atoms with Crippen LogP contribution in [0.25, 0.3) is 0 Å². The normalized spacial score (nSPS) is 23.7. The summed E-state index contributed by atoms with van der Waals surface area (Å²) in [6, 6.07) is 0. The number of piperidine rings is 1. The van der Waals surface area contributed by atoms with Crippen molar-refractivity contribution in [2.45, 2.75) is 32.6 Å². The Hall–Kier alpha value is -0.410. The molecule has 0 aromatic heterocycles. The molecule has 0 bridgehead atoms. The van der Waals surface area contributed by atoms with E-state index in [9.17, 15) is 4.79 Å². The smallest absolute Gasteiger partial charge is 0.134 e. The predicted molar refractivity (Wildman–Crippen MR) is 56.2 cm³/mol. The first-order chi connectivity index (χ1) is 6.74. The highest BCUT2D eigenvalue weighted by Gasteiger charge is 2.22. The summed E-state index contributed by atoms with van der Waals surface area (Å²) in [4.78, 5) is 13.6. The van der Waals surface area contributed by atoms with Gasteiger partial charge >= 0.3 is 0 Å². The summed E-state index contributed by atoms with van der Waals surface area (Å²) in [5, 5.41) is 8.66. The van der Waals surface area contributed by atoms with Crippen molar-refractivity contribution in [2.75, 3.05) is 26.2 Å². The van der Waals surface area contributed by atoms with Gasteiger partial charge in [-0.25, -0.2) is 0 Å². The van der Waals surface area contributed by atoms with Crippen molar-refractivity contribution in [3.8, 4) is 0 Å². The molecule has 1 rings (SSSR count). The Morgan fingerprint density at radius 1 is 1.50 bits per heavy atom. The first-order valence-corrected chi connectivity index (χ1v) is 5.57. The molecular formula is C11H21NO2. The summed E-state index contributed by atoms with van der Waals surface area (Å²) in [5.74, 6) is 0.592. The van der Waals surface area contributed by atoms with Crippen LogP contribution in [0.3, 0.4) is 0 Å². The number of likely N-dealkylation sites (tertiary alicyclic amines) is 1. The number of carbonyl (C=O) groups is 1. The number of carbonyl (C=O) groups excluding carboxylic acids is 1. The lowest BCUT2D eigenvalue weighted by Crippen LogP contribution is -2.38. The van der Waals surface area contributed by atoms with Crippen LogP contribution in [0.1, 0.15) is 32.6 Å². The average Bonchev–Trinajstić information content (AvgIpc) is 2.19. The van der Waals surface area contributed by atoms with Crippen molar-refractivity contribution < 1.29 is 9.90 Å². The van der Waals surface area contributed by atoms with E-state index in [4.69, 9.17) is 5.11 Å². The zero-order valence-electron chi connectivity index (χ0n) is 9.04. The average molecular weight is 199 g/mol. The molecular weight excluding hydrogens is 178 g/mol. The highest BCUT2D eigenvalue weighted by molar-refractivity contribution is 5.78. The third kappa shape index (κ3) is 3.76. The van der Waals surface area contributed by atoms with Crippen LogP contribution in [-0.2, 0) is 4.79 Å². The minimum Gasteiger partial charge on any atom is -0.396 e. The molecule has 0 aliphatic carbocycles. The summed E-state index contributed by atoms with van der Waals surface area (Å²) < 4.78 is 0. The van der Waals surface area contributed by atoms with Crippen molar-refractivity contribution in [1.29, 1.82) is 0 Å². The molecule has 0 spiro atoms. The van der Waals surface area contributed by atoms with Crippen molar-refractivity contribution >= 4 is 5.78 Å². The molecule has 1 unspecified atom stereocenters. The number of nitrogens with zero attached hydrogens (tertiary/aromatic N) is 1. The highest BCUT2D eigenvalue weighted by Crippen LogP contribution is 2.17. The standard InChI is InChI=1S/C11H21NO2/c1-10(14)11-5-4-7-12(9-11)6-2-3-8-13/h11,13H,2-9H2,1H3. The Kier molecular flexibility index (Phi) is 5.12. The molecule has 3 heteroatoms. The molecule has 1 fully saturated rings. The van der Waals surface area contributed by atoms with Gasteiger partial charge in [0.2, 0.25) is 0 Å². The summed E-state index contributed by atoms with van der Waals surface area (Å²) in [5.41, 5.74) is 0. The number of unbranched alkanes of at least 4 members (excludes halogenated alkanes) is 1. The van der Waals surface area contributed by atoms with Gasteiger partial charge in [-0.3, -0.25) is 4.79 Å². The molecule has 0 amide bonds. The zero-order valence-corrected chi connectivity index (χ0v) is 9.04. The highest BCUT2D eigenvalue weighted by atomic mass is 16.2. The zero-order chi connectivity index (χ0) is 10.4. The molecule has 1 aliphatic heterocycles. The van der Waals surface area contributed by atoms with Gasteiger partial charge in [0.1, 0.15) is 5.78 Å². The predicted octanol–water partition coefficient (Wildman–Crippen LogP) is 1.06. The van der Waals surface area contributed by atoms with Crippen molar-refractivity contribution in [3.63, 3.8) is 0 Å². The molecule has 1 atom stereocenters. The van der Waals surface area contributed by atoms with E-state index in [1.807, 2.05) is 0 Å². The van der Waals surface area contributed by atoms with Crippen LogP contribution in [0, 0.1) is 5.92 Å². The largest absolute Gasteiger partial charge is 0.396 e. The van der Waals surface area contributed by atoms with Crippen LogP contribution in [-0.4, -0.2) is 42.0 Å². The molecule has 14 heavy (non-hydrogen) atoms. The monoisotopic (exact) mass is 199 g/mol. The van der Waals surface area contributed by atoms with Crippen LogP contribution in [0.2, 0.25) is 0 Å². The minimum absolute atomic E-state index is 0.262. The van der Waals surface area contributed by atoms with Crippen LogP contribution >= 0.6 is 0 Å². The molecule has 82 valence electrons. The van der Waals surface area contributed by atoms with E-state index in [0.29, 0.717) is 5.78 Å². The lowest BCUT2D eigenvalue weighted by Gasteiger charge is -2.31. The number of rotatable bonds is 5. The number of aliphatic hydroxyl groups is 1. The lowest BCUT2D eigenvalue weighted by atomic mass is 9.94. The van der Waals surface area contributed by atoms with Crippen molar-refractivity contribution in [2.24, 2.45) is 5.92 Å². The Balaban J connectivity index is 2.22. The quantitative estimate of drug-likeness (QED) is 0.673. The van der Waals surface area contributed by atoms with Crippen LogP contribution in [0.5, 0.6) is 0 Å². The number of aliphatic hydroxyl groups excluding tert-OH is 1. The topological polar surface area (TPSA) is 40.5 Å². The SMILES string of the molecule is CC(=O)C1CCCN(CCCCO)C1. The number of hydrogen-bond acceptors (Lipinski definition) is 3. The minimum atomic E-state index is 0.262. The summed E-state index contributed by atoms with van der Waals surface area (Å²) in [6.45, 7) is 5.06. The van der Waals surface area contributed by atoms with Crippen LogP contribution in [0.4, 0.5) is 0 Å². The Morgan fingerprint density at radius 2 is 2.29 bits per heavy atom. The van der Waals surface area contributed by atoms with Crippen LogP contribution in [0.15, 0.2) is 0 Å². The maximum absolute atomic E-state index is 11.2. The van der Waals surface area contributed by atoms with Gasteiger partial charge in [0, 0.05) is 19.1 Å². The van der Waals surface area contributed by atoms with E-state index in [-0.39, 0.29) is 12.5 Å². The van der Waals surface area contributed by atoms with Crippen molar-refractivity contribution in [3.05, 3.63) is 0 Å². The van der Waals surface area contributed by atoms with Gasteiger partial charge in [0.25, 0.3) is 0 Å². The van der Waals surface area contributed by atoms with Gasteiger partial charge < -0.3 is 10.0 Å². The summed E-state index contributed by atoms with van der Waals surface area (Å²) in [6.07, 6.45) is 4.12. The molecule has 1 heterocycles. The maximum atomic E-state index is 11.2. The third-order valence-corrected chi connectivity index (χ3v) is 2.96. The van der Waals surface area contributed by atoms with E-state index < -0.39 is 0 Å². The lowest BCUT2D eigenvalue weighted by molar-refractivity contribution is -0.122. The molecule has 0 aromatic carbocycles. The fourth-order valence-corrected chi connectivity index (χ4v) is 2.04. The second-order valence-electron chi connectivity index (χ2n) is 4.18. The number of Topliss-reactive ketones (excluding diaryl/α,β-unsaturated/α-hetero) is 1. The summed E-state index contributed by atoms with van der Waals surface area (Å²) >= 11 is 0. The van der Waals surface area contributed by atoms with Gasteiger partial charge in [-0.05, 0) is 45.7 Å². The number of hydrogen-bond donors (Lipinski definition) is 1. The summed E-state index contributed by atoms with van der Waals surface area (Å²) in [7, 11) is 0. The molecule has 1 N–H and O–H groups in total. The molecule has 0 saturated carbocycles. The second kappa shape index (κ2) is 6.14. The van der Waals surface area contributed by atoms with Gasteiger partial charge in [-0.1, -0.05) is 0 Å². The van der Waals surface area contributed by atoms with E-state index in [2.05, 4.69) is 4.90 Å². The maximum Gasteiger partial charge on any atom is 0.134 e. The van der Waals surface area contributed by atoms with Gasteiger partial charge in [-0.15, -0.1) is 0 Å². The molecule has 3 nitrogen and oxygen atoms in total. The number of ketones is 1. The fraction of sp³-hybridized carbons (Fsp3) is 0.909. The van der Waals surface area contributed by atoms with E-state index in [1.165, 1.54) is 0 Å². The molecule has 0 aromatic rings. The second-order valence-corrected chi connectivity index (χ2v) is 4.18. The first-order valence-electron chi connectivity index (χ1n) is 5.57. The van der Waals surface area contributed by atoms with Gasteiger partial charge in [0.05, 0.1) is 0 Å². The van der Waals surface area contributed by atoms with Crippen molar-refractivity contribution in [1.82, 2.24) is 4.90 Å². The molecule has 1 saturated heterocycles. The van der Waals surface area contributed by atoms with Gasteiger partial charge in [0.15, 0.2) is 0 Å². The molecule has 1 aliphatic rings. The van der Waals surface area contributed by atoms with E-state index >= 15 is 0 Å². The van der Waals surface area contributed by atoms with E-state index in [0.717, 1.165) is 45.3 Å². The van der Waals surface area contributed by atoms with Gasteiger partial charge in [-0.2, -0.15) is 0 Å². The van der Waals surface area contributed by atoms with E-state index in [1.54, 1.807) is 6.92 Å². The van der Waals surface area contributed by atoms with Crippen LogP contribution < -0.4 is 0 Å². The Labute approximate surface area is 86.1 Å². The fourth-order valence-electron chi connectivity index (χ4n) is 2.04. The first kappa shape index (κ1) is 11.7. The Morgan fingerprint density at radius 3 is 2.93 bits per heavy atom.